The van der Waals surface area contributed by atoms with Gasteiger partial charge in [0.05, 0.1) is 5.41 Å². The highest BCUT2D eigenvalue weighted by atomic mass is 16.2. The summed E-state index contributed by atoms with van der Waals surface area (Å²) in [6, 6.07) is 2.43. The fourth-order valence-electron chi connectivity index (χ4n) is 3.28. The van der Waals surface area contributed by atoms with E-state index in [2.05, 4.69) is 35.0 Å². The van der Waals surface area contributed by atoms with E-state index >= 15 is 0 Å². The highest BCUT2D eigenvalue weighted by molar-refractivity contribution is 5.87. The molecule has 17 heavy (non-hydrogen) atoms. The number of nitrogens with one attached hydrogen (secondary N) is 1. The van der Waals surface area contributed by atoms with Crippen molar-refractivity contribution in [3.8, 4) is 0 Å². The van der Waals surface area contributed by atoms with Gasteiger partial charge in [0.25, 0.3) is 0 Å². The SMILES string of the molecule is CC(C)n1nccc1[C@H]1CNC(=O)C12CCC2. The second-order valence-electron chi connectivity index (χ2n) is 5.57. The highest BCUT2D eigenvalue weighted by Crippen LogP contribution is 2.54. The van der Waals surface area contributed by atoms with Crippen molar-refractivity contribution in [2.75, 3.05) is 6.54 Å². The number of carbonyl (C=O) groups excluding carboxylic acids is 1. The Labute approximate surface area is 101 Å². The Balaban J connectivity index is 1.99. The Bertz CT molecular complexity index is 445. The van der Waals surface area contributed by atoms with Gasteiger partial charge in [-0.1, -0.05) is 6.42 Å². The average Bonchev–Trinajstić information content (AvgIpc) is 2.78. The van der Waals surface area contributed by atoms with Crippen LogP contribution < -0.4 is 5.32 Å². The molecular formula is C13H19N3O. The van der Waals surface area contributed by atoms with Gasteiger partial charge >= 0.3 is 0 Å². The summed E-state index contributed by atoms with van der Waals surface area (Å²) >= 11 is 0. The van der Waals surface area contributed by atoms with Crippen LogP contribution in [0.15, 0.2) is 12.3 Å². The molecule has 4 nitrogen and oxygen atoms in total. The summed E-state index contributed by atoms with van der Waals surface area (Å²) in [6.07, 6.45) is 5.10. The van der Waals surface area contributed by atoms with E-state index in [4.69, 9.17) is 0 Å². The maximum absolute atomic E-state index is 12.0. The first-order valence-electron chi connectivity index (χ1n) is 6.47. The summed E-state index contributed by atoms with van der Waals surface area (Å²) in [4.78, 5) is 12.0. The standard InChI is InChI=1S/C13H19N3O/c1-9(2)16-11(4-7-15-16)10-8-14-12(17)13(10)5-3-6-13/h4,7,9-10H,3,5-6,8H2,1-2H3,(H,14,17)/t10-/m1/s1. The van der Waals surface area contributed by atoms with Gasteiger partial charge in [0.1, 0.15) is 0 Å². The molecule has 92 valence electrons. The number of amides is 1. The average molecular weight is 233 g/mol. The minimum absolute atomic E-state index is 0.118. The molecule has 1 aliphatic carbocycles. The fourth-order valence-corrected chi connectivity index (χ4v) is 3.28. The van der Waals surface area contributed by atoms with Gasteiger partial charge in [-0.15, -0.1) is 0 Å². The number of hydrogen-bond donors (Lipinski definition) is 1. The first kappa shape index (κ1) is 10.8. The smallest absolute Gasteiger partial charge is 0.226 e. The lowest BCUT2D eigenvalue weighted by Crippen LogP contribution is -2.41. The number of aromatic nitrogens is 2. The zero-order chi connectivity index (χ0) is 12.0. The van der Waals surface area contributed by atoms with E-state index in [1.807, 2.05) is 6.20 Å². The molecule has 2 aliphatic rings. The van der Waals surface area contributed by atoms with Crippen LogP contribution in [0, 0.1) is 5.41 Å². The Hall–Kier alpha value is -1.32. The van der Waals surface area contributed by atoms with Gasteiger partial charge in [-0.3, -0.25) is 9.48 Å². The van der Waals surface area contributed by atoms with E-state index in [0.717, 1.165) is 19.4 Å². The zero-order valence-electron chi connectivity index (χ0n) is 10.4. The van der Waals surface area contributed by atoms with Gasteiger partial charge in [0.2, 0.25) is 5.91 Å². The number of carbonyl (C=O) groups is 1. The summed E-state index contributed by atoms with van der Waals surface area (Å²) in [5.41, 5.74) is 1.10. The van der Waals surface area contributed by atoms with Crippen molar-refractivity contribution in [3.05, 3.63) is 18.0 Å². The monoisotopic (exact) mass is 233 g/mol. The summed E-state index contributed by atoms with van der Waals surface area (Å²) < 4.78 is 2.06. The van der Waals surface area contributed by atoms with E-state index in [0.29, 0.717) is 12.0 Å². The predicted molar refractivity (Wildman–Crippen MR) is 64.6 cm³/mol. The second kappa shape index (κ2) is 3.59. The third-order valence-electron chi connectivity index (χ3n) is 4.38. The lowest BCUT2D eigenvalue weighted by Gasteiger charge is -2.40. The minimum Gasteiger partial charge on any atom is -0.355 e. The van der Waals surface area contributed by atoms with E-state index in [1.54, 1.807) is 0 Å². The topological polar surface area (TPSA) is 46.9 Å². The molecule has 1 N–H and O–H groups in total. The van der Waals surface area contributed by atoms with Gasteiger partial charge < -0.3 is 5.32 Å². The molecule has 0 bridgehead atoms. The van der Waals surface area contributed by atoms with Crippen molar-refractivity contribution in [2.45, 2.75) is 45.1 Å². The molecule has 1 aromatic rings. The van der Waals surface area contributed by atoms with Crippen LogP contribution in [0.2, 0.25) is 0 Å². The Morgan fingerprint density at radius 1 is 1.53 bits per heavy atom. The van der Waals surface area contributed by atoms with Gasteiger partial charge in [0, 0.05) is 30.4 Å². The molecular weight excluding hydrogens is 214 g/mol. The van der Waals surface area contributed by atoms with Crippen LogP contribution in [0.5, 0.6) is 0 Å². The normalized spacial score (nSPS) is 26.3. The molecule has 0 unspecified atom stereocenters. The van der Waals surface area contributed by atoms with Gasteiger partial charge in [-0.2, -0.15) is 5.10 Å². The predicted octanol–water partition coefficient (Wildman–Crippen LogP) is 1.85. The lowest BCUT2D eigenvalue weighted by atomic mass is 9.61. The Kier molecular flexibility index (Phi) is 2.28. The van der Waals surface area contributed by atoms with Crippen molar-refractivity contribution in [1.29, 1.82) is 0 Å². The third-order valence-corrected chi connectivity index (χ3v) is 4.38. The van der Waals surface area contributed by atoms with Crippen molar-refractivity contribution in [3.63, 3.8) is 0 Å². The van der Waals surface area contributed by atoms with Crippen LogP contribution in [0.3, 0.4) is 0 Å². The summed E-state index contributed by atoms with van der Waals surface area (Å²) in [5, 5.41) is 7.42. The molecule has 0 radical (unpaired) electrons. The highest BCUT2D eigenvalue weighted by Gasteiger charge is 2.55. The Morgan fingerprint density at radius 3 is 2.88 bits per heavy atom. The van der Waals surface area contributed by atoms with Gasteiger partial charge in [-0.05, 0) is 32.8 Å². The molecule has 3 rings (SSSR count). The van der Waals surface area contributed by atoms with Gasteiger partial charge in [-0.25, -0.2) is 0 Å². The van der Waals surface area contributed by atoms with Crippen LogP contribution in [0.4, 0.5) is 0 Å². The zero-order valence-corrected chi connectivity index (χ0v) is 10.4. The Morgan fingerprint density at radius 2 is 2.29 bits per heavy atom. The number of rotatable bonds is 2. The summed E-state index contributed by atoms with van der Waals surface area (Å²) in [5.74, 6) is 0.568. The molecule has 1 aliphatic heterocycles. The molecule has 0 aromatic carbocycles. The first-order chi connectivity index (χ1) is 8.15. The molecule has 1 amide bonds. The van der Waals surface area contributed by atoms with Crippen LogP contribution in [-0.2, 0) is 4.79 Å². The van der Waals surface area contributed by atoms with Crippen LogP contribution >= 0.6 is 0 Å². The van der Waals surface area contributed by atoms with Crippen LogP contribution in [-0.4, -0.2) is 22.2 Å². The largest absolute Gasteiger partial charge is 0.355 e. The first-order valence-corrected chi connectivity index (χ1v) is 6.47. The third kappa shape index (κ3) is 1.36. The lowest BCUT2D eigenvalue weighted by molar-refractivity contribution is -0.132. The number of nitrogens with zero attached hydrogens (tertiary/aromatic N) is 2. The van der Waals surface area contributed by atoms with Crippen LogP contribution in [0.1, 0.15) is 50.8 Å². The molecule has 1 saturated carbocycles. The molecule has 2 heterocycles. The molecule has 1 spiro atoms. The summed E-state index contributed by atoms with van der Waals surface area (Å²) in [7, 11) is 0. The van der Waals surface area contributed by atoms with Gasteiger partial charge in [0.15, 0.2) is 0 Å². The minimum atomic E-state index is -0.118. The van der Waals surface area contributed by atoms with E-state index in [-0.39, 0.29) is 11.3 Å². The maximum atomic E-state index is 12.0. The second-order valence-corrected chi connectivity index (χ2v) is 5.57. The van der Waals surface area contributed by atoms with Crippen LogP contribution in [0.25, 0.3) is 0 Å². The summed E-state index contributed by atoms with van der Waals surface area (Å²) in [6.45, 7) is 5.04. The van der Waals surface area contributed by atoms with E-state index < -0.39 is 0 Å². The molecule has 1 aromatic heterocycles. The van der Waals surface area contributed by atoms with Crippen molar-refractivity contribution < 1.29 is 4.79 Å². The molecule has 1 saturated heterocycles. The number of hydrogen-bond acceptors (Lipinski definition) is 2. The molecule has 4 heteroatoms. The van der Waals surface area contributed by atoms with Crippen molar-refractivity contribution in [2.24, 2.45) is 5.41 Å². The van der Waals surface area contributed by atoms with Crippen molar-refractivity contribution >= 4 is 5.91 Å². The van der Waals surface area contributed by atoms with Crippen molar-refractivity contribution in [1.82, 2.24) is 15.1 Å². The van der Waals surface area contributed by atoms with E-state index in [1.165, 1.54) is 12.1 Å². The quantitative estimate of drug-likeness (QED) is 0.847. The maximum Gasteiger partial charge on any atom is 0.226 e. The molecule has 1 atom stereocenters. The van der Waals surface area contributed by atoms with E-state index in [9.17, 15) is 4.79 Å². The molecule has 2 fully saturated rings. The fraction of sp³-hybridized carbons (Fsp3) is 0.692.